The van der Waals surface area contributed by atoms with E-state index in [1.807, 2.05) is 6.07 Å². The molecule has 0 aromatic heterocycles. The summed E-state index contributed by atoms with van der Waals surface area (Å²) in [7, 11) is -4.70. The molecule has 0 saturated carbocycles. The van der Waals surface area contributed by atoms with Crippen molar-refractivity contribution in [1.29, 1.82) is 5.26 Å². The van der Waals surface area contributed by atoms with Crippen LogP contribution in [-0.2, 0) is 10.1 Å². The van der Waals surface area contributed by atoms with Crippen molar-refractivity contribution < 1.29 is 30.5 Å². The lowest BCUT2D eigenvalue weighted by molar-refractivity contribution is -0.0500. The Bertz CT molecular complexity index is 869. The minimum atomic E-state index is -5.86. The van der Waals surface area contributed by atoms with Crippen LogP contribution in [-0.4, -0.2) is 21.0 Å². The van der Waals surface area contributed by atoms with Crippen LogP contribution in [0.3, 0.4) is 0 Å². The van der Waals surface area contributed by atoms with E-state index in [9.17, 15) is 21.6 Å². The minimum Gasteiger partial charge on any atom is -0.493 e. The summed E-state index contributed by atoms with van der Waals surface area (Å²) in [5.41, 5.74) is -5.44. The standard InChI is InChI=1S/C13H8F3NO4S/c1-20-11-5-4-9-3-2-8(7-17)6-10(9)12(11)21-22(18,19)13(14,15)16/h2-6H,1H3. The average Bonchev–Trinajstić information content (AvgIpc) is 2.45. The normalized spacial score (nSPS) is 12.0. The van der Waals surface area contributed by atoms with Gasteiger partial charge in [0.15, 0.2) is 11.5 Å². The zero-order valence-electron chi connectivity index (χ0n) is 11.0. The number of nitrogens with zero attached hydrogens (tertiary/aromatic N) is 1. The highest BCUT2D eigenvalue weighted by Gasteiger charge is 2.49. The van der Waals surface area contributed by atoms with Crippen molar-refractivity contribution in [3.8, 4) is 17.6 Å². The van der Waals surface area contributed by atoms with Crippen LogP contribution in [0.1, 0.15) is 5.56 Å². The second kappa shape index (κ2) is 5.38. The number of benzene rings is 2. The molecule has 5 nitrogen and oxygen atoms in total. The summed E-state index contributed by atoms with van der Waals surface area (Å²) in [5, 5.41) is 9.27. The Morgan fingerprint density at radius 1 is 1.18 bits per heavy atom. The van der Waals surface area contributed by atoms with Gasteiger partial charge in [0.2, 0.25) is 0 Å². The van der Waals surface area contributed by atoms with Gasteiger partial charge >= 0.3 is 15.6 Å². The van der Waals surface area contributed by atoms with E-state index in [2.05, 4.69) is 4.18 Å². The summed E-state index contributed by atoms with van der Waals surface area (Å²) in [6, 6.07) is 8.71. The first-order valence-electron chi connectivity index (χ1n) is 5.71. The predicted octanol–water partition coefficient (Wildman–Crippen LogP) is 2.95. The molecule has 0 amide bonds. The number of fused-ring (bicyclic) bond motifs is 1. The van der Waals surface area contributed by atoms with Crippen LogP contribution in [0, 0.1) is 11.3 Å². The van der Waals surface area contributed by atoms with Crippen LogP contribution < -0.4 is 8.92 Å². The second-order valence-corrected chi connectivity index (χ2v) is 5.67. The van der Waals surface area contributed by atoms with Crippen molar-refractivity contribution in [3.63, 3.8) is 0 Å². The van der Waals surface area contributed by atoms with Crippen LogP contribution in [0.15, 0.2) is 30.3 Å². The molecule has 2 rings (SSSR count). The van der Waals surface area contributed by atoms with Gasteiger partial charge < -0.3 is 8.92 Å². The molecule has 9 heteroatoms. The zero-order valence-corrected chi connectivity index (χ0v) is 11.8. The van der Waals surface area contributed by atoms with E-state index in [4.69, 9.17) is 10.00 Å². The smallest absolute Gasteiger partial charge is 0.493 e. The topological polar surface area (TPSA) is 76.4 Å². The van der Waals surface area contributed by atoms with Gasteiger partial charge in [-0.25, -0.2) is 0 Å². The third-order valence-electron chi connectivity index (χ3n) is 2.76. The number of rotatable bonds is 3. The van der Waals surface area contributed by atoms with E-state index in [-0.39, 0.29) is 16.7 Å². The molecular weight excluding hydrogens is 323 g/mol. The fourth-order valence-corrected chi connectivity index (χ4v) is 2.23. The van der Waals surface area contributed by atoms with E-state index in [1.54, 1.807) is 0 Å². The van der Waals surface area contributed by atoms with Crippen molar-refractivity contribution in [2.24, 2.45) is 0 Å². The molecule has 0 aliphatic heterocycles. The van der Waals surface area contributed by atoms with Crippen molar-refractivity contribution in [2.75, 3.05) is 7.11 Å². The number of nitriles is 1. The van der Waals surface area contributed by atoms with E-state index in [0.29, 0.717) is 5.39 Å². The Morgan fingerprint density at radius 3 is 2.36 bits per heavy atom. The first kappa shape index (κ1) is 15.9. The molecule has 0 N–H and O–H groups in total. The van der Waals surface area contributed by atoms with Crippen LogP contribution in [0.2, 0.25) is 0 Å². The fourth-order valence-electron chi connectivity index (χ4n) is 1.75. The minimum absolute atomic E-state index is 0.0197. The zero-order chi connectivity index (χ0) is 16.5. The summed E-state index contributed by atoms with van der Waals surface area (Å²) in [5.74, 6) is -0.815. The Balaban J connectivity index is 2.72. The van der Waals surface area contributed by atoms with Gasteiger partial charge in [0, 0.05) is 5.39 Å². The Labute approximate surface area is 123 Å². The summed E-state index contributed by atoms with van der Waals surface area (Å²) in [6.07, 6.45) is 0. The molecule has 2 aromatic carbocycles. The lowest BCUT2D eigenvalue weighted by Gasteiger charge is -2.14. The van der Waals surface area contributed by atoms with E-state index in [0.717, 1.165) is 7.11 Å². The van der Waals surface area contributed by atoms with E-state index < -0.39 is 21.4 Å². The van der Waals surface area contributed by atoms with Crippen LogP contribution in [0.4, 0.5) is 13.2 Å². The van der Waals surface area contributed by atoms with Crippen molar-refractivity contribution in [1.82, 2.24) is 0 Å². The third-order valence-corrected chi connectivity index (χ3v) is 3.71. The molecule has 0 atom stereocenters. The molecule has 0 aliphatic carbocycles. The van der Waals surface area contributed by atoms with Crippen molar-refractivity contribution >= 4 is 20.9 Å². The molecule has 0 spiro atoms. The highest BCUT2D eigenvalue weighted by molar-refractivity contribution is 7.88. The predicted molar refractivity (Wildman–Crippen MR) is 70.8 cm³/mol. The van der Waals surface area contributed by atoms with E-state index >= 15 is 0 Å². The molecule has 0 saturated heterocycles. The maximum absolute atomic E-state index is 12.5. The van der Waals surface area contributed by atoms with Gasteiger partial charge in [-0.2, -0.15) is 26.9 Å². The van der Waals surface area contributed by atoms with Gasteiger partial charge in [0.1, 0.15) is 0 Å². The highest BCUT2D eigenvalue weighted by Crippen LogP contribution is 2.39. The number of ether oxygens (including phenoxy) is 1. The molecule has 0 bridgehead atoms. The molecule has 0 fully saturated rings. The van der Waals surface area contributed by atoms with Gasteiger partial charge in [-0.05, 0) is 23.6 Å². The van der Waals surface area contributed by atoms with Gasteiger partial charge in [0.25, 0.3) is 0 Å². The maximum Gasteiger partial charge on any atom is 0.534 e. The quantitative estimate of drug-likeness (QED) is 0.638. The van der Waals surface area contributed by atoms with Crippen molar-refractivity contribution in [3.05, 3.63) is 35.9 Å². The van der Waals surface area contributed by atoms with E-state index in [1.165, 1.54) is 30.3 Å². The first-order chi connectivity index (χ1) is 10.2. The lowest BCUT2D eigenvalue weighted by Crippen LogP contribution is -2.28. The maximum atomic E-state index is 12.5. The Hall–Kier alpha value is -2.47. The van der Waals surface area contributed by atoms with Gasteiger partial charge in [0.05, 0.1) is 18.7 Å². The number of hydrogen-bond donors (Lipinski definition) is 0. The monoisotopic (exact) mass is 331 g/mol. The summed E-state index contributed by atoms with van der Waals surface area (Å²) in [6.45, 7) is 0. The van der Waals surface area contributed by atoms with Gasteiger partial charge in [-0.1, -0.05) is 12.1 Å². The fraction of sp³-hybridized carbons (Fsp3) is 0.154. The molecule has 0 heterocycles. The molecule has 0 radical (unpaired) electrons. The van der Waals surface area contributed by atoms with Crippen LogP contribution in [0.5, 0.6) is 11.5 Å². The molecule has 22 heavy (non-hydrogen) atoms. The average molecular weight is 331 g/mol. The molecule has 116 valence electrons. The van der Waals surface area contributed by atoms with Crippen molar-refractivity contribution in [2.45, 2.75) is 5.51 Å². The van der Waals surface area contributed by atoms with Crippen LogP contribution in [0.25, 0.3) is 10.8 Å². The number of alkyl halides is 3. The Morgan fingerprint density at radius 2 is 1.82 bits per heavy atom. The SMILES string of the molecule is COc1ccc2ccc(C#N)cc2c1OS(=O)(=O)C(F)(F)F. The Kier molecular flexibility index (Phi) is 3.89. The summed E-state index contributed by atoms with van der Waals surface area (Å²) >= 11 is 0. The second-order valence-electron chi connectivity index (χ2n) is 4.13. The number of hydrogen-bond acceptors (Lipinski definition) is 5. The lowest BCUT2D eigenvalue weighted by atomic mass is 10.1. The van der Waals surface area contributed by atoms with Gasteiger partial charge in [-0.15, -0.1) is 0 Å². The summed E-state index contributed by atoms with van der Waals surface area (Å²) < 4.78 is 69.0. The van der Waals surface area contributed by atoms with Gasteiger partial charge in [-0.3, -0.25) is 0 Å². The third kappa shape index (κ3) is 2.78. The molecule has 0 unspecified atom stereocenters. The van der Waals surface area contributed by atoms with Crippen LogP contribution >= 0.6 is 0 Å². The first-order valence-corrected chi connectivity index (χ1v) is 7.12. The summed E-state index contributed by atoms with van der Waals surface area (Å²) in [4.78, 5) is 0. The molecule has 2 aromatic rings. The largest absolute Gasteiger partial charge is 0.534 e. The number of halogens is 3. The molecule has 0 aliphatic rings. The number of methoxy groups -OCH3 is 1. The highest BCUT2D eigenvalue weighted by atomic mass is 32.2. The molecular formula is C13H8F3NO4S.